The van der Waals surface area contributed by atoms with Gasteiger partial charge in [0.2, 0.25) is 5.54 Å². The van der Waals surface area contributed by atoms with Crippen molar-refractivity contribution in [3.05, 3.63) is 58.7 Å². The summed E-state index contributed by atoms with van der Waals surface area (Å²) in [6.07, 6.45) is 1.77. The first kappa shape index (κ1) is 10.4. The lowest BCUT2D eigenvalue weighted by Gasteiger charge is -2.16. The number of hydrogen-bond acceptors (Lipinski definition) is 2. The van der Waals surface area contributed by atoms with E-state index < -0.39 is 5.54 Å². The van der Waals surface area contributed by atoms with Gasteiger partial charge in [-0.15, -0.1) is 0 Å². The molecule has 0 bridgehead atoms. The monoisotopic (exact) mass is 191 g/mol. The van der Waals surface area contributed by atoms with E-state index in [9.17, 15) is 10.1 Å². The average Bonchev–Trinajstić information content (AvgIpc) is 2.19. The minimum absolute atomic E-state index is 0.299. The zero-order valence-electron chi connectivity index (χ0n) is 8.14. The summed E-state index contributed by atoms with van der Waals surface area (Å²) >= 11 is 0. The highest BCUT2D eigenvalue weighted by Crippen LogP contribution is 2.17. The molecule has 0 N–H and O–H groups in total. The lowest BCUT2D eigenvalue weighted by Crippen LogP contribution is -2.34. The van der Waals surface area contributed by atoms with Crippen LogP contribution in [-0.4, -0.2) is 10.5 Å². The molecule has 0 radical (unpaired) electrons. The Bertz CT molecular complexity index is 334. The van der Waals surface area contributed by atoms with Gasteiger partial charge in [-0.25, -0.2) is 0 Å². The largest absolute Gasteiger partial charge is 0.264 e. The molecule has 14 heavy (non-hydrogen) atoms. The van der Waals surface area contributed by atoms with Crippen LogP contribution in [0.1, 0.15) is 12.5 Å². The highest BCUT2D eigenvalue weighted by molar-refractivity contribution is 5.18. The van der Waals surface area contributed by atoms with Gasteiger partial charge in [-0.1, -0.05) is 36.9 Å². The van der Waals surface area contributed by atoms with Crippen LogP contribution >= 0.6 is 0 Å². The second-order valence-corrected chi connectivity index (χ2v) is 3.48. The Balaban J connectivity index is 2.86. The van der Waals surface area contributed by atoms with Crippen LogP contribution < -0.4 is 0 Å². The van der Waals surface area contributed by atoms with Crippen LogP contribution in [0.15, 0.2) is 43.0 Å². The van der Waals surface area contributed by atoms with Gasteiger partial charge < -0.3 is 0 Å². The Morgan fingerprint density at radius 2 is 2.07 bits per heavy atom. The van der Waals surface area contributed by atoms with Crippen molar-refractivity contribution in [2.75, 3.05) is 0 Å². The molecule has 0 aromatic heterocycles. The van der Waals surface area contributed by atoms with E-state index in [1.54, 1.807) is 6.92 Å². The second kappa shape index (κ2) is 4.05. The molecule has 0 spiro atoms. The summed E-state index contributed by atoms with van der Waals surface area (Å²) in [5.41, 5.74) is -0.118. The summed E-state index contributed by atoms with van der Waals surface area (Å²) in [7, 11) is 0. The molecule has 1 unspecified atom stereocenters. The Labute approximate surface area is 83.2 Å². The van der Waals surface area contributed by atoms with E-state index in [0.717, 1.165) is 5.56 Å². The molecule has 1 aromatic rings. The molecular weight excluding hydrogens is 178 g/mol. The van der Waals surface area contributed by atoms with Crippen LogP contribution in [0.3, 0.4) is 0 Å². The summed E-state index contributed by atoms with van der Waals surface area (Å²) in [4.78, 5) is 10.5. The minimum atomic E-state index is -1.07. The van der Waals surface area contributed by atoms with Crippen molar-refractivity contribution in [2.24, 2.45) is 0 Å². The van der Waals surface area contributed by atoms with E-state index in [1.165, 1.54) is 6.08 Å². The lowest BCUT2D eigenvalue weighted by molar-refractivity contribution is -0.549. The maximum Gasteiger partial charge on any atom is 0.241 e. The van der Waals surface area contributed by atoms with Crippen LogP contribution in [0.4, 0.5) is 0 Å². The molecule has 0 amide bonds. The number of hydrogen-bond donors (Lipinski definition) is 0. The fourth-order valence-corrected chi connectivity index (χ4v) is 1.22. The molecule has 0 heterocycles. The number of nitro groups is 1. The van der Waals surface area contributed by atoms with Gasteiger partial charge in [-0.05, 0) is 11.6 Å². The molecule has 3 heteroatoms. The molecule has 0 fully saturated rings. The number of rotatable bonds is 4. The van der Waals surface area contributed by atoms with Gasteiger partial charge in [0, 0.05) is 18.3 Å². The van der Waals surface area contributed by atoms with Crippen LogP contribution in [0, 0.1) is 10.1 Å². The first-order valence-electron chi connectivity index (χ1n) is 4.40. The summed E-state index contributed by atoms with van der Waals surface area (Å²) in [6.45, 7) is 5.08. The molecule has 0 saturated carbocycles. The fraction of sp³-hybridized carbons (Fsp3) is 0.273. The SMILES string of the molecule is C=CC(C)(Cc1ccccc1)[N+](=O)[O-]. The van der Waals surface area contributed by atoms with Crippen LogP contribution in [0.2, 0.25) is 0 Å². The molecular formula is C11H13NO2. The Morgan fingerprint density at radius 1 is 1.50 bits per heavy atom. The quantitative estimate of drug-likeness (QED) is 0.417. The smallest absolute Gasteiger partial charge is 0.241 e. The van der Waals surface area contributed by atoms with Crippen molar-refractivity contribution in [1.82, 2.24) is 0 Å². The molecule has 0 aliphatic heterocycles. The van der Waals surface area contributed by atoms with Gasteiger partial charge in [-0.3, -0.25) is 10.1 Å². The van der Waals surface area contributed by atoms with E-state index in [2.05, 4.69) is 6.58 Å². The molecule has 1 atom stereocenters. The number of benzene rings is 1. The van der Waals surface area contributed by atoms with Crippen molar-refractivity contribution >= 4 is 0 Å². The summed E-state index contributed by atoms with van der Waals surface area (Å²) in [5.74, 6) is 0. The van der Waals surface area contributed by atoms with Crippen LogP contribution in [0.25, 0.3) is 0 Å². The summed E-state index contributed by atoms with van der Waals surface area (Å²) in [5, 5.41) is 10.8. The maximum atomic E-state index is 10.8. The Kier molecular flexibility index (Phi) is 3.02. The van der Waals surface area contributed by atoms with Crippen molar-refractivity contribution in [2.45, 2.75) is 18.9 Å². The van der Waals surface area contributed by atoms with Crippen LogP contribution in [-0.2, 0) is 6.42 Å². The third-order valence-electron chi connectivity index (χ3n) is 2.26. The maximum absolute atomic E-state index is 10.8. The van der Waals surface area contributed by atoms with Gasteiger partial charge in [-0.2, -0.15) is 0 Å². The number of nitrogens with zero attached hydrogens (tertiary/aromatic N) is 1. The van der Waals surface area contributed by atoms with E-state index >= 15 is 0 Å². The second-order valence-electron chi connectivity index (χ2n) is 3.48. The topological polar surface area (TPSA) is 43.1 Å². The van der Waals surface area contributed by atoms with Crippen molar-refractivity contribution in [3.63, 3.8) is 0 Å². The molecule has 0 aliphatic carbocycles. The van der Waals surface area contributed by atoms with E-state index in [-0.39, 0.29) is 4.92 Å². The highest BCUT2D eigenvalue weighted by Gasteiger charge is 2.33. The molecule has 0 aliphatic rings. The summed E-state index contributed by atoms with van der Waals surface area (Å²) in [6, 6.07) is 9.40. The summed E-state index contributed by atoms with van der Waals surface area (Å²) < 4.78 is 0. The Morgan fingerprint density at radius 3 is 2.50 bits per heavy atom. The van der Waals surface area contributed by atoms with E-state index in [1.807, 2.05) is 30.3 Å². The van der Waals surface area contributed by atoms with E-state index in [4.69, 9.17) is 0 Å². The lowest BCUT2D eigenvalue weighted by atomic mass is 9.94. The van der Waals surface area contributed by atoms with Crippen molar-refractivity contribution in [1.29, 1.82) is 0 Å². The van der Waals surface area contributed by atoms with Gasteiger partial charge in [0.05, 0.1) is 0 Å². The van der Waals surface area contributed by atoms with Crippen LogP contribution in [0.5, 0.6) is 0 Å². The minimum Gasteiger partial charge on any atom is -0.264 e. The van der Waals surface area contributed by atoms with Gasteiger partial charge in [0.25, 0.3) is 0 Å². The third-order valence-corrected chi connectivity index (χ3v) is 2.26. The van der Waals surface area contributed by atoms with Crippen molar-refractivity contribution < 1.29 is 4.92 Å². The third kappa shape index (κ3) is 2.19. The van der Waals surface area contributed by atoms with E-state index in [0.29, 0.717) is 6.42 Å². The molecule has 3 nitrogen and oxygen atoms in total. The first-order valence-corrected chi connectivity index (χ1v) is 4.40. The zero-order chi connectivity index (χ0) is 10.6. The highest BCUT2D eigenvalue weighted by atomic mass is 16.6. The normalized spacial score (nSPS) is 14.4. The average molecular weight is 191 g/mol. The first-order chi connectivity index (χ1) is 6.58. The van der Waals surface area contributed by atoms with Gasteiger partial charge in [0.15, 0.2) is 0 Å². The zero-order valence-corrected chi connectivity index (χ0v) is 8.14. The fourth-order valence-electron chi connectivity index (χ4n) is 1.22. The van der Waals surface area contributed by atoms with Gasteiger partial charge in [0.1, 0.15) is 0 Å². The molecule has 74 valence electrons. The Hall–Kier alpha value is -1.64. The molecule has 1 aromatic carbocycles. The standard InChI is InChI=1S/C11H13NO2/c1-3-11(2,12(13)14)9-10-7-5-4-6-8-10/h3-8H,1,9H2,2H3. The predicted octanol–water partition coefficient (Wildman–Crippen LogP) is 2.45. The molecule has 1 rings (SSSR count). The van der Waals surface area contributed by atoms with Gasteiger partial charge >= 0.3 is 0 Å². The molecule has 0 saturated heterocycles. The predicted molar refractivity (Wildman–Crippen MR) is 55.7 cm³/mol. The van der Waals surface area contributed by atoms with Crippen molar-refractivity contribution in [3.8, 4) is 0 Å².